The van der Waals surface area contributed by atoms with Crippen LogP contribution in [0, 0.1) is 0 Å². The van der Waals surface area contributed by atoms with Gasteiger partial charge in [-0.2, -0.15) is 0 Å². The van der Waals surface area contributed by atoms with Crippen LogP contribution in [0.15, 0.2) is 47.5 Å². The molecule has 20 heavy (non-hydrogen) atoms. The Balaban J connectivity index is 1.84. The van der Waals surface area contributed by atoms with E-state index in [4.69, 9.17) is 16.3 Å². The van der Waals surface area contributed by atoms with Crippen molar-refractivity contribution in [1.82, 2.24) is 4.98 Å². The van der Waals surface area contributed by atoms with Crippen LogP contribution < -0.4 is 4.74 Å². The number of thioether (sulfide) groups is 1. The van der Waals surface area contributed by atoms with Crippen molar-refractivity contribution in [2.24, 2.45) is 0 Å². The SMILES string of the molecule is COc1ccc(CC(O)CSc2cccc(Cl)c2)cn1. The number of halogens is 1. The number of methoxy groups -OCH3 is 1. The number of aliphatic hydroxyl groups is 1. The molecule has 0 spiro atoms. The Labute approximate surface area is 128 Å². The quantitative estimate of drug-likeness (QED) is 0.830. The molecule has 0 bridgehead atoms. The third-order valence-electron chi connectivity index (χ3n) is 2.72. The Kier molecular flexibility index (Phi) is 5.71. The van der Waals surface area contributed by atoms with Gasteiger partial charge in [0.05, 0.1) is 13.2 Å². The molecule has 0 aliphatic rings. The highest BCUT2D eigenvalue weighted by molar-refractivity contribution is 7.99. The standard InChI is InChI=1S/C15H16ClNO2S/c1-19-15-6-5-11(9-17-15)7-13(18)10-20-14-4-2-3-12(16)8-14/h2-6,8-9,13,18H,7,10H2,1H3. The minimum absolute atomic E-state index is 0.422. The van der Waals surface area contributed by atoms with Crippen LogP contribution in [0.4, 0.5) is 0 Å². The lowest BCUT2D eigenvalue weighted by Gasteiger charge is -2.10. The van der Waals surface area contributed by atoms with Crippen molar-refractivity contribution >= 4 is 23.4 Å². The van der Waals surface area contributed by atoms with Crippen LogP contribution in [-0.4, -0.2) is 29.1 Å². The van der Waals surface area contributed by atoms with Crippen molar-refractivity contribution in [3.63, 3.8) is 0 Å². The maximum absolute atomic E-state index is 10.0. The molecule has 1 aromatic carbocycles. The van der Waals surface area contributed by atoms with Crippen molar-refractivity contribution in [3.8, 4) is 5.88 Å². The zero-order valence-corrected chi connectivity index (χ0v) is 12.7. The zero-order chi connectivity index (χ0) is 14.4. The van der Waals surface area contributed by atoms with E-state index in [2.05, 4.69) is 4.98 Å². The smallest absolute Gasteiger partial charge is 0.212 e. The number of nitrogens with zero attached hydrogens (tertiary/aromatic N) is 1. The summed E-state index contributed by atoms with van der Waals surface area (Å²) >= 11 is 7.51. The first-order valence-electron chi connectivity index (χ1n) is 6.22. The Morgan fingerprint density at radius 1 is 1.35 bits per heavy atom. The van der Waals surface area contributed by atoms with E-state index in [-0.39, 0.29) is 0 Å². The highest BCUT2D eigenvalue weighted by atomic mass is 35.5. The van der Waals surface area contributed by atoms with E-state index in [0.717, 1.165) is 10.5 Å². The van der Waals surface area contributed by atoms with Gasteiger partial charge in [0, 0.05) is 34.4 Å². The van der Waals surface area contributed by atoms with E-state index in [9.17, 15) is 5.11 Å². The molecule has 1 heterocycles. The van der Waals surface area contributed by atoms with Crippen molar-refractivity contribution in [2.75, 3.05) is 12.9 Å². The molecule has 0 saturated heterocycles. The third kappa shape index (κ3) is 4.71. The molecule has 1 aromatic heterocycles. The summed E-state index contributed by atoms with van der Waals surface area (Å²) in [6.07, 6.45) is 1.88. The molecule has 1 atom stereocenters. The van der Waals surface area contributed by atoms with Crippen molar-refractivity contribution in [2.45, 2.75) is 17.4 Å². The first kappa shape index (κ1) is 15.2. The third-order valence-corrected chi connectivity index (χ3v) is 4.09. The summed E-state index contributed by atoms with van der Waals surface area (Å²) in [5.74, 6) is 1.20. The van der Waals surface area contributed by atoms with E-state index >= 15 is 0 Å². The Hall–Kier alpha value is -1.23. The molecule has 1 N–H and O–H groups in total. The molecule has 0 fully saturated rings. The minimum Gasteiger partial charge on any atom is -0.481 e. The number of hydrogen-bond donors (Lipinski definition) is 1. The van der Waals surface area contributed by atoms with Crippen LogP contribution in [0.3, 0.4) is 0 Å². The van der Waals surface area contributed by atoms with Crippen LogP contribution in [0.5, 0.6) is 5.88 Å². The van der Waals surface area contributed by atoms with Gasteiger partial charge in [0.2, 0.25) is 5.88 Å². The second-order valence-corrected chi connectivity index (χ2v) is 5.86. The molecule has 0 aliphatic carbocycles. The van der Waals surface area contributed by atoms with Gasteiger partial charge >= 0.3 is 0 Å². The Morgan fingerprint density at radius 3 is 2.85 bits per heavy atom. The average Bonchev–Trinajstić information content (AvgIpc) is 2.46. The zero-order valence-electron chi connectivity index (χ0n) is 11.1. The molecule has 106 valence electrons. The molecule has 0 aliphatic heterocycles. The summed E-state index contributed by atoms with van der Waals surface area (Å²) in [5, 5.41) is 10.8. The molecular weight excluding hydrogens is 294 g/mol. The Morgan fingerprint density at radius 2 is 2.20 bits per heavy atom. The van der Waals surface area contributed by atoms with E-state index in [1.165, 1.54) is 0 Å². The average molecular weight is 310 g/mol. The number of aliphatic hydroxyl groups excluding tert-OH is 1. The van der Waals surface area contributed by atoms with Gasteiger partial charge in [0.1, 0.15) is 0 Å². The molecule has 2 rings (SSSR count). The van der Waals surface area contributed by atoms with Crippen molar-refractivity contribution < 1.29 is 9.84 Å². The molecular formula is C15H16ClNO2S. The summed E-state index contributed by atoms with van der Waals surface area (Å²) in [5.41, 5.74) is 0.991. The highest BCUT2D eigenvalue weighted by Gasteiger charge is 2.07. The lowest BCUT2D eigenvalue weighted by atomic mass is 10.1. The summed E-state index contributed by atoms with van der Waals surface area (Å²) in [6.45, 7) is 0. The van der Waals surface area contributed by atoms with E-state index in [1.807, 2.05) is 30.3 Å². The van der Waals surface area contributed by atoms with Gasteiger partial charge in [-0.3, -0.25) is 0 Å². The maximum atomic E-state index is 10.0. The van der Waals surface area contributed by atoms with Crippen molar-refractivity contribution in [3.05, 3.63) is 53.2 Å². The fourth-order valence-electron chi connectivity index (χ4n) is 1.73. The van der Waals surface area contributed by atoms with Crippen LogP contribution in [0.25, 0.3) is 0 Å². The monoisotopic (exact) mass is 309 g/mol. The van der Waals surface area contributed by atoms with Crippen LogP contribution in [0.2, 0.25) is 5.02 Å². The van der Waals surface area contributed by atoms with Gasteiger partial charge in [-0.05, 0) is 23.8 Å². The second-order valence-electron chi connectivity index (χ2n) is 4.34. The number of hydrogen-bond acceptors (Lipinski definition) is 4. The minimum atomic E-state index is -0.422. The van der Waals surface area contributed by atoms with E-state index < -0.39 is 6.10 Å². The predicted octanol–water partition coefficient (Wildman–Crippen LogP) is 3.44. The summed E-state index contributed by atoms with van der Waals surface area (Å²) in [6, 6.07) is 11.3. The number of ether oxygens (including phenoxy) is 1. The van der Waals surface area contributed by atoms with Crippen molar-refractivity contribution in [1.29, 1.82) is 0 Å². The van der Waals surface area contributed by atoms with Crippen LogP contribution in [-0.2, 0) is 6.42 Å². The summed E-state index contributed by atoms with van der Waals surface area (Å²) in [4.78, 5) is 5.18. The highest BCUT2D eigenvalue weighted by Crippen LogP contribution is 2.23. The molecule has 3 nitrogen and oxygen atoms in total. The van der Waals surface area contributed by atoms with Gasteiger partial charge < -0.3 is 9.84 Å². The van der Waals surface area contributed by atoms with Gasteiger partial charge in [-0.25, -0.2) is 4.98 Å². The molecule has 1 unspecified atom stereocenters. The van der Waals surface area contributed by atoms with E-state index in [1.54, 1.807) is 31.1 Å². The predicted molar refractivity (Wildman–Crippen MR) is 82.7 cm³/mol. The van der Waals surface area contributed by atoms with Gasteiger partial charge in [0.15, 0.2) is 0 Å². The number of benzene rings is 1. The maximum Gasteiger partial charge on any atom is 0.212 e. The number of aromatic nitrogens is 1. The first-order valence-corrected chi connectivity index (χ1v) is 7.59. The number of rotatable bonds is 6. The molecule has 2 aromatic rings. The largest absolute Gasteiger partial charge is 0.481 e. The Bertz CT molecular complexity index is 548. The fraction of sp³-hybridized carbons (Fsp3) is 0.267. The fourth-order valence-corrected chi connectivity index (χ4v) is 2.88. The van der Waals surface area contributed by atoms with Crippen LogP contribution in [0.1, 0.15) is 5.56 Å². The lowest BCUT2D eigenvalue weighted by Crippen LogP contribution is -2.13. The topological polar surface area (TPSA) is 42.4 Å². The molecule has 0 saturated carbocycles. The molecule has 0 amide bonds. The van der Waals surface area contributed by atoms with E-state index in [0.29, 0.717) is 23.1 Å². The lowest BCUT2D eigenvalue weighted by molar-refractivity contribution is 0.200. The van der Waals surface area contributed by atoms with Crippen LogP contribution >= 0.6 is 23.4 Å². The normalized spacial score (nSPS) is 12.2. The van der Waals surface area contributed by atoms with Gasteiger partial charge in [0.25, 0.3) is 0 Å². The van der Waals surface area contributed by atoms with Gasteiger partial charge in [-0.15, -0.1) is 11.8 Å². The summed E-state index contributed by atoms with van der Waals surface area (Å²) < 4.78 is 5.00. The molecule has 5 heteroatoms. The second kappa shape index (κ2) is 7.53. The number of pyridine rings is 1. The molecule has 0 radical (unpaired) electrons. The summed E-state index contributed by atoms with van der Waals surface area (Å²) in [7, 11) is 1.58. The first-order chi connectivity index (χ1) is 9.67. The van der Waals surface area contributed by atoms with Gasteiger partial charge in [-0.1, -0.05) is 23.7 Å².